The van der Waals surface area contributed by atoms with Crippen molar-refractivity contribution in [1.29, 1.82) is 0 Å². The summed E-state index contributed by atoms with van der Waals surface area (Å²) < 4.78 is 10.9. The Morgan fingerprint density at radius 2 is 2.24 bits per heavy atom. The Kier molecular flexibility index (Phi) is 5.22. The number of likely N-dealkylation sites (tertiary alicyclic amines) is 1. The van der Waals surface area contributed by atoms with Crippen molar-refractivity contribution in [1.82, 2.24) is 19.9 Å². The van der Waals surface area contributed by atoms with Crippen LogP contribution in [0.2, 0.25) is 0 Å². The van der Waals surface area contributed by atoms with Gasteiger partial charge >= 0.3 is 0 Å². The van der Waals surface area contributed by atoms with Crippen LogP contribution in [0.15, 0.2) is 21.1 Å². The van der Waals surface area contributed by atoms with Crippen LogP contribution in [0.4, 0.5) is 0 Å². The summed E-state index contributed by atoms with van der Waals surface area (Å²) >= 11 is 0. The Hall–Kier alpha value is -2.15. The second-order valence-electron chi connectivity index (χ2n) is 7.04. The van der Waals surface area contributed by atoms with Gasteiger partial charge in [0.25, 0.3) is 0 Å². The zero-order valence-electron chi connectivity index (χ0n) is 15.4. The standard InChI is InChI=1S/C18H26N4O3/c1-12(2)18-19-17(20-25-18)15-6-5-9-22(15)11-16(23)21(4)10-14-8-7-13(3)24-14/h7-8,12,15H,5-6,9-11H2,1-4H3. The molecule has 1 fully saturated rings. The van der Waals surface area contributed by atoms with E-state index in [2.05, 4.69) is 15.0 Å². The van der Waals surface area contributed by atoms with E-state index in [1.165, 1.54) is 0 Å². The topological polar surface area (TPSA) is 75.6 Å². The molecule has 0 aliphatic carbocycles. The molecule has 1 amide bonds. The van der Waals surface area contributed by atoms with E-state index < -0.39 is 0 Å². The van der Waals surface area contributed by atoms with Crippen molar-refractivity contribution in [2.24, 2.45) is 0 Å². The SMILES string of the molecule is Cc1ccc(CN(C)C(=O)CN2CCCC2c2noc(C(C)C)n2)o1. The molecule has 136 valence electrons. The van der Waals surface area contributed by atoms with Crippen molar-refractivity contribution < 1.29 is 13.7 Å². The summed E-state index contributed by atoms with van der Waals surface area (Å²) in [4.78, 5) is 20.9. The Morgan fingerprint density at radius 1 is 1.44 bits per heavy atom. The average Bonchev–Trinajstić information content (AvgIpc) is 3.27. The van der Waals surface area contributed by atoms with Crippen molar-refractivity contribution in [2.45, 2.75) is 52.1 Å². The number of likely N-dealkylation sites (N-methyl/N-ethyl adjacent to an activating group) is 1. The van der Waals surface area contributed by atoms with Gasteiger partial charge in [0.1, 0.15) is 11.5 Å². The van der Waals surface area contributed by atoms with Crippen LogP contribution >= 0.6 is 0 Å². The fourth-order valence-corrected chi connectivity index (χ4v) is 3.11. The maximum atomic E-state index is 12.6. The second-order valence-corrected chi connectivity index (χ2v) is 7.04. The number of rotatable bonds is 6. The van der Waals surface area contributed by atoms with E-state index in [4.69, 9.17) is 8.94 Å². The summed E-state index contributed by atoms with van der Waals surface area (Å²) in [6.07, 6.45) is 1.98. The lowest BCUT2D eigenvalue weighted by Gasteiger charge is -2.24. The van der Waals surface area contributed by atoms with Gasteiger partial charge in [-0.05, 0) is 38.4 Å². The molecule has 1 atom stereocenters. The Bertz CT molecular complexity index is 721. The molecule has 7 heteroatoms. The lowest BCUT2D eigenvalue weighted by molar-refractivity contribution is -0.132. The molecule has 3 rings (SSSR count). The lowest BCUT2D eigenvalue weighted by Crippen LogP contribution is -2.38. The summed E-state index contributed by atoms with van der Waals surface area (Å²) in [5.74, 6) is 3.27. The molecule has 1 unspecified atom stereocenters. The van der Waals surface area contributed by atoms with Gasteiger partial charge in [-0.15, -0.1) is 0 Å². The molecule has 3 heterocycles. The Labute approximate surface area is 148 Å². The van der Waals surface area contributed by atoms with E-state index >= 15 is 0 Å². The van der Waals surface area contributed by atoms with Gasteiger partial charge < -0.3 is 13.8 Å². The highest BCUT2D eigenvalue weighted by atomic mass is 16.5. The number of nitrogens with zero attached hydrogens (tertiary/aromatic N) is 4. The van der Waals surface area contributed by atoms with E-state index in [-0.39, 0.29) is 17.9 Å². The number of hydrogen-bond acceptors (Lipinski definition) is 6. The lowest BCUT2D eigenvalue weighted by atomic mass is 10.2. The first kappa shape index (κ1) is 17.7. The summed E-state index contributed by atoms with van der Waals surface area (Å²) in [6, 6.07) is 3.87. The van der Waals surface area contributed by atoms with Crippen LogP contribution < -0.4 is 0 Å². The summed E-state index contributed by atoms with van der Waals surface area (Å²) in [7, 11) is 1.80. The van der Waals surface area contributed by atoms with Crippen molar-refractivity contribution in [3.8, 4) is 0 Å². The number of amides is 1. The minimum Gasteiger partial charge on any atom is -0.464 e. The Morgan fingerprint density at radius 3 is 2.88 bits per heavy atom. The molecule has 2 aromatic heterocycles. The fraction of sp³-hybridized carbons (Fsp3) is 0.611. The third-order valence-electron chi connectivity index (χ3n) is 4.57. The van der Waals surface area contributed by atoms with E-state index in [9.17, 15) is 4.79 Å². The molecule has 0 radical (unpaired) electrons. The van der Waals surface area contributed by atoms with Crippen LogP contribution in [-0.4, -0.2) is 46.0 Å². The molecule has 1 aliphatic rings. The summed E-state index contributed by atoms with van der Waals surface area (Å²) in [5, 5.41) is 4.12. The predicted octanol–water partition coefficient (Wildman–Crippen LogP) is 2.89. The molecule has 0 saturated carbocycles. The quantitative estimate of drug-likeness (QED) is 0.800. The van der Waals surface area contributed by atoms with Gasteiger partial charge in [-0.2, -0.15) is 4.98 Å². The molecule has 2 aromatic rings. The molecular formula is C18H26N4O3. The highest BCUT2D eigenvalue weighted by molar-refractivity contribution is 5.78. The van der Waals surface area contributed by atoms with Gasteiger partial charge in [-0.25, -0.2) is 0 Å². The number of aryl methyl sites for hydroxylation is 1. The second kappa shape index (κ2) is 7.39. The summed E-state index contributed by atoms with van der Waals surface area (Å²) in [6.45, 7) is 7.65. The largest absolute Gasteiger partial charge is 0.464 e. The van der Waals surface area contributed by atoms with Crippen LogP contribution in [0.25, 0.3) is 0 Å². The average molecular weight is 346 g/mol. The number of carbonyl (C=O) groups is 1. The highest BCUT2D eigenvalue weighted by Crippen LogP contribution is 2.30. The minimum atomic E-state index is 0.0551. The van der Waals surface area contributed by atoms with Crippen LogP contribution in [0.5, 0.6) is 0 Å². The molecule has 0 aromatic carbocycles. The van der Waals surface area contributed by atoms with Gasteiger partial charge in [0.2, 0.25) is 11.8 Å². The smallest absolute Gasteiger partial charge is 0.236 e. The molecule has 1 aliphatic heterocycles. The zero-order valence-corrected chi connectivity index (χ0v) is 15.4. The molecular weight excluding hydrogens is 320 g/mol. The van der Waals surface area contributed by atoms with Gasteiger partial charge in [0.15, 0.2) is 5.82 Å². The van der Waals surface area contributed by atoms with Crippen LogP contribution in [0.3, 0.4) is 0 Å². The zero-order chi connectivity index (χ0) is 18.0. The van der Waals surface area contributed by atoms with Crippen molar-refractivity contribution in [2.75, 3.05) is 20.1 Å². The van der Waals surface area contributed by atoms with Crippen molar-refractivity contribution in [3.05, 3.63) is 35.4 Å². The number of hydrogen-bond donors (Lipinski definition) is 0. The van der Waals surface area contributed by atoms with E-state index in [0.29, 0.717) is 24.8 Å². The fourth-order valence-electron chi connectivity index (χ4n) is 3.11. The molecule has 0 N–H and O–H groups in total. The van der Waals surface area contributed by atoms with Crippen LogP contribution in [0.1, 0.15) is 61.9 Å². The molecule has 25 heavy (non-hydrogen) atoms. The van der Waals surface area contributed by atoms with Crippen LogP contribution in [-0.2, 0) is 11.3 Å². The number of furan rings is 1. The third-order valence-corrected chi connectivity index (χ3v) is 4.57. The first-order valence-corrected chi connectivity index (χ1v) is 8.81. The normalized spacial score (nSPS) is 18.2. The monoisotopic (exact) mass is 346 g/mol. The summed E-state index contributed by atoms with van der Waals surface area (Å²) in [5.41, 5.74) is 0. The van der Waals surface area contributed by atoms with Gasteiger partial charge in [0.05, 0.1) is 19.1 Å². The molecule has 0 spiro atoms. The van der Waals surface area contributed by atoms with Gasteiger partial charge in [-0.3, -0.25) is 9.69 Å². The van der Waals surface area contributed by atoms with Gasteiger partial charge in [-0.1, -0.05) is 19.0 Å². The minimum absolute atomic E-state index is 0.0551. The number of aromatic nitrogens is 2. The maximum absolute atomic E-state index is 12.6. The highest BCUT2D eigenvalue weighted by Gasteiger charge is 2.32. The van der Waals surface area contributed by atoms with Crippen molar-refractivity contribution in [3.63, 3.8) is 0 Å². The van der Waals surface area contributed by atoms with E-state index in [1.807, 2.05) is 32.9 Å². The van der Waals surface area contributed by atoms with Crippen LogP contribution in [0, 0.1) is 6.92 Å². The molecule has 1 saturated heterocycles. The predicted molar refractivity (Wildman–Crippen MR) is 91.9 cm³/mol. The first-order chi connectivity index (χ1) is 11.9. The maximum Gasteiger partial charge on any atom is 0.236 e. The van der Waals surface area contributed by atoms with E-state index in [0.717, 1.165) is 30.9 Å². The third kappa shape index (κ3) is 4.10. The van der Waals surface area contributed by atoms with Gasteiger partial charge in [0, 0.05) is 13.0 Å². The Balaban J connectivity index is 1.61. The van der Waals surface area contributed by atoms with Crippen molar-refractivity contribution >= 4 is 5.91 Å². The van der Waals surface area contributed by atoms with E-state index in [1.54, 1.807) is 11.9 Å². The number of carbonyl (C=O) groups excluding carboxylic acids is 1. The molecule has 7 nitrogen and oxygen atoms in total. The first-order valence-electron chi connectivity index (χ1n) is 8.81. The molecule has 0 bridgehead atoms.